The molecule has 29 heavy (non-hydrogen) atoms. The minimum atomic E-state index is -4.63. The Balaban J connectivity index is 0.00000420. The average molecular weight is 477 g/mol. The van der Waals surface area contributed by atoms with Gasteiger partial charge >= 0.3 is 35.7 Å². The first-order chi connectivity index (χ1) is 12.8. The number of halogens is 4. The standard InChI is InChI=1S/C17H14ClF3O5S2.Na/c1-9(16(22)23)26-13-5-3-10(17(19,20)21)7-15(13)27-14-6-4-11(8-12(14)18)28(2,24)25;/h3-9H,1-2H3,(H,22,23);/q;+1/p-1/t9-;/m0./s1. The molecule has 2 rings (SSSR count). The normalized spacial score (nSPS) is 12.8. The fourth-order valence-electron chi connectivity index (χ4n) is 2.01. The number of carbonyl (C=O) groups is 1. The molecule has 0 heterocycles. The number of sulfone groups is 1. The van der Waals surface area contributed by atoms with Crippen molar-refractivity contribution in [2.45, 2.75) is 33.9 Å². The van der Waals surface area contributed by atoms with Gasteiger partial charge in [0.1, 0.15) is 11.9 Å². The van der Waals surface area contributed by atoms with Gasteiger partial charge in [-0.25, -0.2) is 8.42 Å². The van der Waals surface area contributed by atoms with Gasteiger partial charge in [-0.3, -0.25) is 0 Å². The van der Waals surface area contributed by atoms with Gasteiger partial charge in [-0.05, 0) is 43.3 Å². The van der Waals surface area contributed by atoms with E-state index in [1.165, 1.54) is 25.1 Å². The van der Waals surface area contributed by atoms with Crippen LogP contribution in [0.1, 0.15) is 12.5 Å². The van der Waals surface area contributed by atoms with Crippen LogP contribution in [0.4, 0.5) is 13.2 Å². The molecule has 0 saturated heterocycles. The van der Waals surface area contributed by atoms with Gasteiger partial charge in [0.05, 0.1) is 26.3 Å². The Labute approximate surface area is 196 Å². The second-order valence-electron chi connectivity index (χ2n) is 5.70. The van der Waals surface area contributed by atoms with Crippen molar-refractivity contribution >= 4 is 39.2 Å². The SMILES string of the molecule is C[C@H](Oc1ccc(C(F)(F)F)cc1Sc1ccc(S(C)(=O)=O)cc1Cl)C(=O)[O-].[Na+]. The molecule has 152 valence electrons. The Morgan fingerprint density at radius 1 is 1.17 bits per heavy atom. The molecule has 0 radical (unpaired) electrons. The van der Waals surface area contributed by atoms with E-state index >= 15 is 0 Å². The summed E-state index contributed by atoms with van der Waals surface area (Å²) in [5.41, 5.74) is -0.965. The van der Waals surface area contributed by atoms with Crippen molar-refractivity contribution in [1.82, 2.24) is 0 Å². The molecule has 0 fully saturated rings. The second-order valence-corrected chi connectivity index (χ2v) is 9.21. The number of aliphatic carboxylic acids is 1. The summed E-state index contributed by atoms with van der Waals surface area (Å²) >= 11 is 6.85. The summed E-state index contributed by atoms with van der Waals surface area (Å²) in [7, 11) is -3.51. The van der Waals surface area contributed by atoms with E-state index in [9.17, 15) is 31.5 Å². The van der Waals surface area contributed by atoms with E-state index in [-0.39, 0.29) is 55.0 Å². The molecule has 0 amide bonds. The molecule has 2 aromatic carbocycles. The first-order valence-electron chi connectivity index (χ1n) is 7.55. The van der Waals surface area contributed by atoms with Crippen LogP contribution in [-0.4, -0.2) is 26.7 Å². The maximum absolute atomic E-state index is 13.0. The predicted molar refractivity (Wildman–Crippen MR) is 95.2 cm³/mol. The first-order valence-corrected chi connectivity index (χ1v) is 10.6. The zero-order chi connectivity index (χ0) is 21.3. The van der Waals surface area contributed by atoms with Crippen LogP contribution in [0.15, 0.2) is 51.1 Å². The van der Waals surface area contributed by atoms with Gasteiger partial charge in [0.2, 0.25) is 0 Å². The molecule has 0 saturated carbocycles. The smallest absolute Gasteiger partial charge is 0.546 e. The Morgan fingerprint density at radius 2 is 1.79 bits per heavy atom. The molecule has 0 aliphatic carbocycles. The number of carboxylic acids is 1. The fraction of sp³-hybridized carbons (Fsp3) is 0.235. The number of alkyl halides is 3. The third-order valence-electron chi connectivity index (χ3n) is 3.46. The van der Waals surface area contributed by atoms with Crippen LogP contribution in [-0.2, 0) is 20.8 Å². The third kappa shape index (κ3) is 7.08. The van der Waals surface area contributed by atoms with Crippen LogP contribution in [0.3, 0.4) is 0 Å². The van der Waals surface area contributed by atoms with Crippen molar-refractivity contribution < 1.29 is 65.8 Å². The molecule has 1 atom stereocenters. The third-order valence-corrected chi connectivity index (χ3v) is 6.11. The van der Waals surface area contributed by atoms with Crippen LogP contribution in [0, 0.1) is 0 Å². The van der Waals surface area contributed by atoms with Gasteiger partial charge in [-0.2, -0.15) is 13.2 Å². The van der Waals surface area contributed by atoms with Gasteiger partial charge in [-0.1, -0.05) is 23.4 Å². The maximum atomic E-state index is 13.0. The number of rotatable bonds is 6. The van der Waals surface area contributed by atoms with Crippen LogP contribution in [0.25, 0.3) is 0 Å². The van der Waals surface area contributed by atoms with Crippen molar-refractivity contribution in [2.75, 3.05) is 6.26 Å². The van der Waals surface area contributed by atoms with E-state index in [1.54, 1.807) is 0 Å². The van der Waals surface area contributed by atoms with Gasteiger partial charge in [0.25, 0.3) is 0 Å². The first kappa shape index (κ1) is 26.1. The van der Waals surface area contributed by atoms with Crippen molar-refractivity contribution in [3.8, 4) is 5.75 Å². The Hall–Kier alpha value is -0.910. The molecule has 0 aliphatic rings. The summed E-state index contributed by atoms with van der Waals surface area (Å²) in [5.74, 6) is -1.65. The summed E-state index contributed by atoms with van der Waals surface area (Å²) in [4.78, 5) is 11.1. The predicted octanol–water partition coefficient (Wildman–Crippen LogP) is 0.435. The second kappa shape index (κ2) is 9.93. The average Bonchev–Trinajstić information content (AvgIpc) is 2.56. The van der Waals surface area contributed by atoms with E-state index in [4.69, 9.17) is 16.3 Å². The molecule has 0 aliphatic heterocycles. The molecule has 2 aromatic rings. The number of benzene rings is 2. The summed E-state index contributed by atoms with van der Waals surface area (Å²) in [6.07, 6.45) is -5.04. The molecule has 0 bridgehead atoms. The molecule has 5 nitrogen and oxygen atoms in total. The Kier molecular flexibility index (Phi) is 8.95. The van der Waals surface area contributed by atoms with Gasteiger partial charge < -0.3 is 14.6 Å². The largest absolute Gasteiger partial charge is 1.00 e. The monoisotopic (exact) mass is 476 g/mol. The van der Waals surface area contributed by atoms with Crippen LogP contribution < -0.4 is 39.4 Å². The summed E-state index contributed by atoms with van der Waals surface area (Å²) in [6.45, 7) is 1.18. The minimum absolute atomic E-state index is 0. The van der Waals surface area contributed by atoms with Gasteiger partial charge in [-0.15, -0.1) is 0 Å². The van der Waals surface area contributed by atoms with Crippen molar-refractivity contribution in [3.05, 3.63) is 47.0 Å². The van der Waals surface area contributed by atoms with E-state index < -0.39 is 33.7 Å². The van der Waals surface area contributed by atoms with Crippen LogP contribution >= 0.6 is 23.4 Å². The van der Waals surface area contributed by atoms with E-state index in [0.717, 1.165) is 36.2 Å². The molecular weight excluding hydrogens is 464 g/mol. The van der Waals surface area contributed by atoms with Crippen LogP contribution in [0.2, 0.25) is 5.02 Å². The molecular formula is C17H13ClF3NaO5S2. The molecule has 0 N–H and O–H groups in total. The zero-order valence-corrected chi connectivity index (χ0v) is 19.8. The van der Waals surface area contributed by atoms with Crippen molar-refractivity contribution in [2.24, 2.45) is 0 Å². The quantitative estimate of drug-likeness (QED) is 0.563. The summed E-state index contributed by atoms with van der Waals surface area (Å²) in [6, 6.07) is 6.34. The van der Waals surface area contributed by atoms with Gasteiger partial charge in [0.15, 0.2) is 9.84 Å². The summed E-state index contributed by atoms with van der Waals surface area (Å²) < 4.78 is 67.5. The number of carboxylic acid groups (broad SMARTS) is 1. The summed E-state index contributed by atoms with van der Waals surface area (Å²) in [5, 5.41) is 10.9. The molecule has 0 unspecified atom stereocenters. The molecule has 12 heteroatoms. The number of hydrogen-bond acceptors (Lipinski definition) is 6. The van der Waals surface area contributed by atoms with E-state index in [1.807, 2.05) is 0 Å². The van der Waals surface area contributed by atoms with E-state index in [0.29, 0.717) is 0 Å². The van der Waals surface area contributed by atoms with Crippen LogP contribution in [0.5, 0.6) is 5.75 Å². The number of hydrogen-bond donors (Lipinski definition) is 0. The van der Waals surface area contributed by atoms with Crippen molar-refractivity contribution in [3.63, 3.8) is 0 Å². The van der Waals surface area contributed by atoms with Gasteiger partial charge in [0, 0.05) is 11.2 Å². The zero-order valence-electron chi connectivity index (χ0n) is 15.4. The van der Waals surface area contributed by atoms with Crippen molar-refractivity contribution in [1.29, 1.82) is 0 Å². The Morgan fingerprint density at radius 3 is 2.28 bits per heavy atom. The number of carbonyl (C=O) groups excluding carboxylic acids is 1. The van der Waals surface area contributed by atoms with E-state index in [2.05, 4.69) is 0 Å². The fourth-order valence-corrected chi connectivity index (χ4v) is 3.95. The number of ether oxygens (including phenoxy) is 1. The minimum Gasteiger partial charge on any atom is -0.546 e. The molecule has 0 aromatic heterocycles. The molecule has 0 spiro atoms. The Bertz CT molecular complexity index is 1010. The topological polar surface area (TPSA) is 83.5 Å². The maximum Gasteiger partial charge on any atom is 1.00 e.